The maximum atomic E-state index is 12.6. The minimum Gasteiger partial charge on any atom is -0.369 e. The van der Waals surface area contributed by atoms with Crippen molar-refractivity contribution >= 4 is 23.6 Å². The van der Waals surface area contributed by atoms with Crippen molar-refractivity contribution in [2.24, 2.45) is 11.7 Å². The second-order valence-corrected chi connectivity index (χ2v) is 7.33. The number of carbonyl (C=O) groups excluding carboxylic acids is 4. The summed E-state index contributed by atoms with van der Waals surface area (Å²) in [6.07, 6.45) is 0.599. The van der Waals surface area contributed by atoms with Crippen molar-refractivity contribution in [3.8, 4) is 0 Å². The Morgan fingerprint density at radius 3 is 2.18 bits per heavy atom. The molecule has 0 aliphatic heterocycles. The molecule has 8 heteroatoms. The summed E-state index contributed by atoms with van der Waals surface area (Å²) in [5, 5.41) is 4.91. The molecule has 4 amide bonds. The molecule has 2 atom stereocenters. The predicted molar refractivity (Wildman–Crippen MR) is 106 cm³/mol. The van der Waals surface area contributed by atoms with Crippen molar-refractivity contribution in [2.45, 2.75) is 45.7 Å². The van der Waals surface area contributed by atoms with E-state index in [-0.39, 0.29) is 24.8 Å². The Bertz CT molecular complexity index is 691. The number of nitrogens with two attached hydrogens (primary N) is 1. The number of benzene rings is 1. The monoisotopic (exact) mass is 390 g/mol. The standard InChI is InChI=1S/C20H30N4O4/c1-13(2)10-16(24(4)12-17(21)25)20(28)23-19(27)14(3)22-18(26)11-15-8-6-5-7-9-15/h5-9,13-14,16H,10-12H2,1-4H3,(H2,21,25)(H,22,26)(H,23,27,28)/t14-,16-/m0/s1. The molecule has 1 rings (SSSR count). The van der Waals surface area contributed by atoms with Gasteiger partial charge in [-0.15, -0.1) is 0 Å². The van der Waals surface area contributed by atoms with Crippen molar-refractivity contribution in [3.05, 3.63) is 35.9 Å². The number of rotatable bonds is 10. The first-order chi connectivity index (χ1) is 13.1. The fraction of sp³-hybridized carbons (Fsp3) is 0.500. The molecule has 0 aromatic heterocycles. The number of imide groups is 1. The maximum absolute atomic E-state index is 12.6. The SMILES string of the molecule is CC(C)C[C@@H](C(=O)NC(=O)[C@H](C)NC(=O)Cc1ccccc1)N(C)CC(N)=O. The van der Waals surface area contributed by atoms with Gasteiger partial charge in [0.05, 0.1) is 19.0 Å². The zero-order valence-corrected chi connectivity index (χ0v) is 16.9. The van der Waals surface area contributed by atoms with Crippen molar-refractivity contribution < 1.29 is 19.2 Å². The Hall–Kier alpha value is -2.74. The van der Waals surface area contributed by atoms with Gasteiger partial charge < -0.3 is 11.1 Å². The van der Waals surface area contributed by atoms with Crippen molar-refractivity contribution in [3.63, 3.8) is 0 Å². The molecule has 0 unspecified atom stereocenters. The number of primary amides is 1. The summed E-state index contributed by atoms with van der Waals surface area (Å²) in [6.45, 7) is 5.29. The van der Waals surface area contributed by atoms with Gasteiger partial charge in [0.1, 0.15) is 6.04 Å². The zero-order valence-electron chi connectivity index (χ0n) is 16.9. The van der Waals surface area contributed by atoms with Crippen molar-refractivity contribution in [2.75, 3.05) is 13.6 Å². The summed E-state index contributed by atoms with van der Waals surface area (Å²) >= 11 is 0. The van der Waals surface area contributed by atoms with Gasteiger partial charge in [-0.1, -0.05) is 44.2 Å². The first-order valence-corrected chi connectivity index (χ1v) is 9.26. The summed E-state index contributed by atoms with van der Waals surface area (Å²) in [4.78, 5) is 49.6. The Morgan fingerprint density at radius 2 is 1.64 bits per heavy atom. The first-order valence-electron chi connectivity index (χ1n) is 9.26. The number of carbonyl (C=O) groups is 4. The highest BCUT2D eigenvalue weighted by Crippen LogP contribution is 2.10. The van der Waals surface area contributed by atoms with Crippen LogP contribution in [0.4, 0.5) is 0 Å². The summed E-state index contributed by atoms with van der Waals surface area (Å²) < 4.78 is 0. The van der Waals surface area contributed by atoms with Gasteiger partial charge in [-0.05, 0) is 31.9 Å². The molecule has 0 heterocycles. The Kier molecular flexibility index (Phi) is 9.31. The maximum Gasteiger partial charge on any atom is 0.248 e. The highest BCUT2D eigenvalue weighted by Gasteiger charge is 2.28. The van der Waals surface area contributed by atoms with Gasteiger partial charge in [0.25, 0.3) is 0 Å². The van der Waals surface area contributed by atoms with E-state index in [0.717, 1.165) is 5.56 Å². The minimum atomic E-state index is -0.874. The number of nitrogens with one attached hydrogen (secondary N) is 2. The van der Waals surface area contributed by atoms with Crippen LogP contribution in [-0.4, -0.2) is 54.2 Å². The van der Waals surface area contributed by atoms with Crippen LogP contribution >= 0.6 is 0 Å². The quantitative estimate of drug-likeness (QED) is 0.527. The number of nitrogens with zero attached hydrogens (tertiary/aromatic N) is 1. The molecule has 0 spiro atoms. The van der Waals surface area contributed by atoms with E-state index in [1.165, 1.54) is 11.8 Å². The van der Waals surface area contributed by atoms with Crippen LogP contribution in [0.1, 0.15) is 32.8 Å². The van der Waals surface area contributed by atoms with E-state index in [9.17, 15) is 19.2 Å². The van der Waals surface area contributed by atoms with Crippen molar-refractivity contribution in [1.29, 1.82) is 0 Å². The summed E-state index contributed by atoms with van der Waals surface area (Å²) in [5.41, 5.74) is 6.03. The third-order valence-corrected chi connectivity index (χ3v) is 4.16. The molecule has 0 fully saturated rings. The van der Waals surface area contributed by atoms with Crippen LogP contribution in [0.3, 0.4) is 0 Å². The summed E-state index contributed by atoms with van der Waals surface area (Å²) in [7, 11) is 1.60. The van der Waals surface area contributed by atoms with E-state index in [4.69, 9.17) is 5.73 Å². The van der Waals surface area contributed by atoms with Crippen LogP contribution in [0.2, 0.25) is 0 Å². The molecule has 4 N–H and O–H groups in total. The summed E-state index contributed by atoms with van der Waals surface area (Å²) in [5.74, 6) is -1.83. The normalized spacial score (nSPS) is 13.1. The number of likely N-dealkylation sites (N-methyl/N-ethyl adjacent to an activating group) is 1. The lowest BCUT2D eigenvalue weighted by Crippen LogP contribution is -2.53. The van der Waals surface area contributed by atoms with Gasteiger partial charge in [-0.3, -0.25) is 29.4 Å². The van der Waals surface area contributed by atoms with Crippen LogP contribution in [0.15, 0.2) is 30.3 Å². The molecule has 0 radical (unpaired) electrons. The fourth-order valence-corrected chi connectivity index (χ4v) is 2.74. The third-order valence-electron chi connectivity index (χ3n) is 4.16. The molecule has 0 saturated carbocycles. The average Bonchev–Trinajstić information content (AvgIpc) is 2.59. The highest BCUT2D eigenvalue weighted by atomic mass is 16.2. The lowest BCUT2D eigenvalue weighted by atomic mass is 10.0. The van der Waals surface area contributed by atoms with Gasteiger partial charge in [0.15, 0.2) is 0 Å². The number of hydrogen-bond donors (Lipinski definition) is 3. The molecular weight excluding hydrogens is 360 g/mol. The lowest BCUT2D eigenvalue weighted by molar-refractivity contribution is -0.136. The van der Waals surface area contributed by atoms with E-state index in [1.807, 2.05) is 44.2 Å². The molecule has 8 nitrogen and oxygen atoms in total. The van der Waals surface area contributed by atoms with Gasteiger partial charge >= 0.3 is 0 Å². The highest BCUT2D eigenvalue weighted by molar-refractivity contribution is 6.01. The molecule has 1 aromatic carbocycles. The van der Waals surface area contributed by atoms with E-state index in [0.29, 0.717) is 6.42 Å². The van der Waals surface area contributed by atoms with Crippen molar-refractivity contribution in [1.82, 2.24) is 15.5 Å². The van der Waals surface area contributed by atoms with E-state index in [1.54, 1.807) is 7.05 Å². The van der Waals surface area contributed by atoms with E-state index in [2.05, 4.69) is 10.6 Å². The lowest BCUT2D eigenvalue weighted by Gasteiger charge is -2.27. The zero-order chi connectivity index (χ0) is 21.3. The molecule has 0 aliphatic rings. The Balaban J connectivity index is 2.64. The third kappa shape index (κ3) is 8.30. The Morgan fingerprint density at radius 1 is 1.04 bits per heavy atom. The van der Waals surface area contributed by atoms with Crippen LogP contribution in [-0.2, 0) is 25.6 Å². The van der Waals surface area contributed by atoms with Gasteiger partial charge in [-0.25, -0.2) is 0 Å². The van der Waals surface area contributed by atoms with Crippen LogP contribution in [0, 0.1) is 5.92 Å². The number of hydrogen-bond acceptors (Lipinski definition) is 5. The average molecular weight is 390 g/mol. The molecule has 1 aromatic rings. The topological polar surface area (TPSA) is 122 Å². The molecule has 154 valence electrons. The summed E-state index contributed by atoms with van der Waals surface area (Å²) in [6, 6.07) is 7.60. The minimum absolute atomic E-state index is 0.0949. The van der Waals surface area contributed by atoms with Gasteiger partial charge in [-0.2, -0.15) is 0 Å². The fourth-order valence-electron chi connectivity index (χ4n) is 2.74. The second-order valence-electron chi connectivity index (χ2n) is 7.33. The van der Waals surface area contributed by atoms with Crippen LogP contribution in [0.25, 0.3) is 0 Å². The van der Waals surface area contributed by atoms with Crippen LogP contribution in [0.5, 0.6) is 0 Å². The second kappa shape index (κ2) is 11.2. The molecular formula is C20H30N4O4. The Labute approximate surface area is 165 Å². The molecule has 28 heavy (non-hydrogen) atoms. The van der Waals surface area contributed by atoms with Crippen LogP contribution < -0.4 is 16.4 Å². The molecule has 0 saturated heterocycles. The van der Waals surface area contributed by atoms with Gasteiger partial charge in [0.2, 0.25) is 23.6 Å². The smallest absolute Gasteiger partial charge is 0.248 e. The molecule has 0 aliphatic carbocycles. The van der Waals surface area contributed by atoms with E-state index < -0.39 is 29.8 Å². The van der Waals surface area contributed by atoms with E-state index >= 15 is 0 Å². The number of amides is 4. The first kappa shape index (κ1) is 23.3. The van der Waals surface area contributed by atoms with Gasteiger partial charge in [0, 0.05) is 0 Å². The largest absolute Gasteiger partial charge is 0.369 e. The predicted octanol–water partition coefficient (Wildman–Crippen LogP) is 0.208. The molecule has 0 bridgehead atoms.